The maximum atomic E-state index is 11.9. The number of rotatable bonds is 3. The Bertz CT molecular complexity index is 735. The zero-order valence-electron chi connectivity index (χ0n) is 11.4. The number of nitrogens with zero attached hydrogens (tertiary/aromatic N) is 2. The molecule has 104 valence electrons. The molecule has 0 aliphatic carbocycles. The maximum absolute atomic E-state index is 11.9. The number of hydrogen-bond donors (Lipinski definition) is 1. The Labute approximate surface area is 121 Å². The summed E-state index contributed by atoms with van der Waals surface area (Å²) in [6.07, 6.45) is 0. The van der Waals surface area contributed by atoms with Crippen molar-refractivity contribution in [2.75, 3.05) is 5.32 Å². The third kappa shape index (κ3) is 2.58. The van der Waals surface area contributed by atoms with Crippen LogP contribution in [0.2, 0.25) is 0 Å². The minimum Gasteiger partial charge on any atom is -0.324 e. The highest BCUT2D eigenvalue weighted by Gasteiger charge is 2.29. The van der Waals surface area contributed by atoms with E-state index in [-0.39, 0.29) is 11.7 Å². The van der Waals surface area contributed by atoms with E-state index < -0.39 is 6.04 Å². The minimum absolute atomic E-state index is 0.00240. The Morgan fingerprint density at radius 1 is 1.10 bits per heavy atom. The molecule has 1 aliphatic heterocycles. The molecule has 1 amide bonds. The second-order valence-corrected chi connectivity index (χ2v) is 4.80. The van der Waals surface area contributed by atoms with Gasteiger partial charge in [-0.2, -0.15) is 10.2 Å². The van der Waals surface area contributed by atoms with Crippen LogP contribution in [0.3, 0.4) is 0 Å². The predicted molar refractivity (Wildman–Crippen MR) is 78.8 cm³/mol. The molecule has 1 unspecified atom stereocenters. The van der Waals surface area contributed by atoms with E-state index in [4.69, 9.17) is 0 Å². The van der Waals surface area contributed by atoms with Gasteiger partial charge in [0.1, 0.15) is 0 Å². The molecule has 0 bridgehead atoms. The zero-order chi connectivity index (χ0) is 14.8. The molecule has 21 heavy (non-hydrogen) atoms. The van der Waals surface area contributed by atoms with Crippen molar-refractivity contribution in [2.24, 2.45) is 10.2 Å². The number of Topliss-reactive ketones (excluding diaryl/α,β-unsaturated/α-hetero) is 1. The molecule has 2 aromatic carbocycles. The molecule has 1 atom stereocenters. The summed E-state index contributed by atoms with van der Waals surface area (Å²) in [5.41, 5.74) is 2.83. The van der Waals surface area contributed by atoms with Gasteiger partial charge in [-0.05, 0) is 37.3 Å². The van der Waals surface area contributed by atoms with Crippen LogP contribution in [-0.4, -0.2) is 11.7 Å². The van der Waals surface area contributed by atoms with Crippen molar-refractivity contribution in [1.29, 1.82) is 0 Å². The first-order valence-corrected chi connectivity index (χ1v) is 6.57. The molecule has 5 nitrogen and oxygen atoms in total. The largest absolute Gasteiger partial charge is 0.324 e. The van der Waals surface area contributed by atoms with Gasteiger partial charge in [-0.25, -0.2) is 0 Å². The molecule has 0 saturated heterocycles. The van der Waals surface area contributed by atoms with Crippen LogP contribution in [0, 0.1) is 0 Å². The quantitative estimate of drug-likeness (QED) is 0.687. The fraction of sp³-hybridized carbons (Fsp3) is 0.125. The number of carbonyl (C=O) groups is 2. The lowest BCUT2D eigenvalue weighted by Crippen LogP contribution is -2.09. The SMILES string of the molecule is CC(=O)c1ccc(N=NC2C(=O)Nc3ccccc32)cc1. The zero-order valence-corrected chi connectivity index (χ0v) is 11.4. The van der Waals surface area contributed by atoms with Gasteiger partial charge in [0.2, 0.25) is 0 Å². The Balaban J connectivity index is 1.83. The van der Waals surface area contributed by atoms with Crippen LogP contribution in [-0.2, 0) is 4.79 Å². The van der Waals surface area contributed by atoms with Crippen LogP contribution in [0.4, 0.5) is 11.4 Å². The van der Waals surface area contributed by atoms with E-state index in [2.05, 4.69) is 15.5 Å². The number of anilines is 1. The number of amides is 1. The van der Waals surface area contributed by atoms with Crippen LogP contribution < -0.4 is 5.32 Å². The Hall–Kier alpha value is -2.82. The average molecular weight is 279 g/mol. The van der Waals surface area contributed by atoms with Gasteiger partial charge in [-0.3, -0.25) is 9.59 Å². The molecule has 0 aromatic heterocycles. The highest BCUT2D eigenvalue weighted by atomic mass is 16.2. The van der Waals surface area contributed by atoms with Crippen LogP contribution in [0.15, 0.2) is 58.8 Å². The molecule has 0 fully saturated rings. The van der Waals surface area contributed by atoms with E-state index >= 15 is 0 Å². The van der Waals surface area contributed by atoms with Crippen LogP contribution >= 0.6 is 0 Å². The molecule has 1 heterocycles. The summed E-state index contributed by atoms with van der Waals surface area (Å²) in [6.45, 7) is 1.51. The smallest absolute Gasteiger partial charge is 0.255 e. The van der Waals surface area contributed by atoms with Crippen molar-refractivity contribution in [2.45, 2.75) is 13.0 Å². The summed E-state index contributed by atoms with van der Waals surface area (Å²) in [5.74, 6) is -0.178. The molecule has 0 spiro atoms. The summed E-state index contributed by atoms with van der Waals surface area (Å²) >= 11 is 0. The number of fused-ring (bicyclic) bond motifs is 1. The van der Waals surface area contributed by atoms with E-state index in [9.17, 15) is 9.59 Å². The van der Waals surface area contributed by atoms with Crippen molar-refractivity contribution in [3.8, 4) is 0 Å². The van der Waals surface area contributed by atoms with E-state index in [1.54, 1.807) is 24.3 Å². The van der Waals surface area contributed by atoms with Gasteiger partial charge in [-0.1, -0.05) is 18.2 Å². The molecular formula is C16H13N3O2. The number of azo groups is 1. The van der Waals surface area contributed by atoms with Gasteiger partial charge in [0.25, 0.3) is 5.91 Å². The van der Waals surface area contributed by atoms with Crippen molar-refractivity contribution in [3.63, 3.8) is 0 Å². The number of hydrogen-bond acceptors (Lipinski definition) is 4. The molecule has 2 aromatic rings. The van der Waals surface area contributed by atoms with Gasteiger partial charge >= 0.3 is 0 Å². The number of ketones is 1. The van der Waals surface area contributed by atoms with Gasteiger partial charge in [-0.15, -0.1) is 0 Å². The first kappa shape index (κ1) is 13.2. The molecular weight excluding hydrogens is 266 g/mol. The summed E-state index contributed by atoms with van der Waals surface area (Å²) in [4.78, 5) is 23.1. The molecule has 3 rings (SSSR count). The number of nitrogens with one attached hydrogen (secondary N) is 1. The Morgan fingerprint density at radius 2 is 1.81 bits per heavy atom. The van der Waals surface area contributed by atoms with Crippen molar-refractivity contribution >= 4 is 23.1 Å². The number of para-hydroxylation sites is 1. The molecule has 0 saturated carbocycles. The van der Waals surface area contributed by atoms with E-state index in [0.717, 1.165) is 11.3 Å². The monoisotopic (exact) mass is 279 g/mol. The van der Waals surface area contributed by atoms with E-state index in [0.29, 0.717) is 11.3 Å². The van der Waals surface area contributed by atoms with Gasteiger partial charge in [0.05, 0.1) is 5.69 Å². The first-order valence-electron chi connectivity index (χ1n) is 6.57. The molecule has 1 aliphatic rings. The third-order valence-corrected chi connectivity index (χ3v) is 3.32. The first-order chi connectivity index (χ1) is 10.1. The van der Waals surface area contributed by atoms with Crippen LogP contribution in [0.1, 0.15) is 28.9 Å². The Morgan fingerprint density at radius 3 is 2.52 bits per heavy atom. The Kier molecular flexibility index (Phi) is 3.31. The van der Waals surface area contributed by atoms with Crippen molar-refractivity contribution in [1.82, 2.24) is 0 Å². The minimum atomic E-state index is -0.617. The average Bonchev–Trinajstić information content (AvgIpc) is 2.81. The van der Waals surface area contributed by atoms with Gasteiger partial charge in [0, 0.05) is 16.8 Å². The van der Waals surface area contributed by atoms with Crippen LogP contribution in [0.25, 0.3) is 0 Å². The lowest BCUT2D eigenvalue weighted by Gasteiger charge is -2.01. The molecule has 0 radical (unpaired) electrons. The predicted octanol–water partition coefficient (Wildman–Crippen LogP) is 3.67. The van der Waals surface area contributed by atoms with Gasteiger partial charge < -0.3 is 5.32 Å². The van der Waals surface area contributed by atoms with E-state index in [1.165, 1.54) is 6.92 Å². The van der Waals surface area contributed by atoms with Crippen LogP contribution in [0.5, 0.6) is 0 Å². The maximum Gasteiger partial charge on any atom is 0.255 e. The summed E-state index contributed by atoms with van der Waals surface area (Å²) < 4.78 is 0. The summed E-state index contributed by atoms with van der Waals surface area (Å²) in [5, 5.41) is 11.0. The standard InChI is InChI=1S/C16H13N3O2/c1-10(20)11-6-8-12(9-7-11)18-19-15-13-4-2-3-5-14(13)17-16(15)21/h2-9,15H,1H3,(H,17,21). The highest BCUT2D eigenvalue weighted by molar-refractivity contribution is 6.02. The third-order valence-electron chi connectivity index (χ3n) is 3.32. The van der Waals surface area contributed by atoms with Crippen molar-refractivity contribution < 1.29 is 9.59 Å². The molecule has 5 heteroatoms. The lowest BCUT2D eigenvalue weighted by atomic mass is 10.1. The second-order valence-electron chi connectivity index (χ2n) is 4.80. The fourth-order valence-corrected chi connectivity index (χ4v) is 2.19. The number of carbonyl (C=O) groups excluding carboxylic acids is 2. The lowest BCUT2D eigenvalue weighted by molar-refractivity contribution is -0.116. The topological polar surface area (TPSA) is 70.9 Å². The van der Waals surface area contributed by atoms with Crippen molar-refractivity contribution in [3.05, 3.63) is 59.7 Å². The normalized spacial score (nSPS) is 16.8. The number of benzene rings is 2. The molecule has 1 N–H and O–H groups in total. The summed E-state index contributed by atoms with van der Waals surface area (Å²) in [7, 11) is 0. The van der Waals surface area contributed by atoms with E-state index in [1.807, 2.05) is 24.3 Å². The van der Waals surface area contributed by atoms with Gasteiger partial charge in [0.15, 0.2) is 11.8 Å². The highest BCUT2D eigenvalue weighted by Crippen LogP contribution is 2.33. The second kappa shape index (κ2) is 5.28. The fourth-order valence-electron chi connectivity index (χ4n) is 2.19. The summed E-state index contributed by atoms with van der Waals surface area (Å²) in [6, 6.07) is 13.6.